The minimum absolute atomic E-state index is 0.667. The van der Waals surface area contributed by atoms with Crippen LogP contribution in [0.1, 0.15) is 0 Å². The lowest BCUT2D eigenvalue weighted by Crippen LogP contribution is -2.50. The molecule has 0 fully saturated rings. The highest BCUT2D eigenvalue weighted by molar-refractivity contribution is 7.07. The fourth-order valence-corrected chi connectivity index (χ4v) is 32.7. The number of nitrogens with zero attached hydrogens (tertiary/aromatic N) is 9. The standard InChI is InChI=1S/3C43H31N3Si/c1-47(2)39-35-16-9-8-12-30(35)25-26-37(39)36-17-10-18-38(40(36)47)43-45-41(31-13-4-3-5-14-31)44-42(46-43)32-22-19-29(20-23-32)34-24-21-28-11-6-7-15-33(28)27-34;1-47(2)39-27-35(23-24-37(39)38-25-22-30-11-8-9-15-36(30)40(38)47)43-45-41(31-12-4-3-5-13-31)44-42(46-43)32-19-16-29(17-20-32)34-21-18-28-10-6-7-14-33(28)26-34;1-47(2)39-25-23-35(27-38(39)37-24-22-30-11-8-9-15-36(30)40(37)47)43-45-41(31-12-4-3-5-13-31)44-42(46-43)32-19-16-29(17-20-32)34-21-18-28-10-6-7-14-33(28)26-34/h3*3-27H,1-2H3. The minimum atomic E-state index is -2.13. The second kappa shape index (κ2) is 34.8. The van der Waals surface area contributed by atoms with Gasteiger partial charge in [-0.05, 0) is 187 Å². The highest BCUT2D eigenvalue weighted by Gasteiger charge is 2.43. The smallest absolute Gasteiger partial charge is 0.164 e. The second-order valence-corrected chi connectivity index (χ2v) is 51.5. The molecular weight excluding hydrogens is 1760 g/mol. The Morgan fingerprint density at radius 1 is 0.128 bits per heavy atom. The van der Waals surface area contributed by atoms with E-state index >= 15 is 0 Å². The summed E-state index contributed by atoms with van der Waals surface area (Å²) in [5.41, 5.74) is 24.0. The molecule has 24 aromatic rings. The molecule has 12 heteroatoms. The van der Waals surface area contributed by atoms with Gasteiger partial charge in [-0.15, -0.1) is 0 Å². The van der Waals surface area contributed by atoms with Gasteiger partial charge in [0.25, 0.3) is 0 Å². The van der Waals surface area contributed by atoms with Crippen LogP contribution in [0.5, 0.6) is 0 Å². The Hall–Kier alpha value is -17.1. The lowest BCUT2D eigenvalue weighted by Gasteiger charge is -2.23. The second-order valence-electron chi connectivity index (χ2n) is 38.7. The van der Waals surface area contributed by atoms with E-state index in [1.807, 2.05) is 54.6 Å². The highest BCUT2D eigenvalue weighted by atomic mass is 28.3. The fourth-order valence-electron chi connectivity index (χ4n) is 22.0. The normalized spacial score (nSPS) is 13.1. The SMILES string of the molecule is C[Si]1(C)c2c(-c3nc(-c4ccccc4)nc(-c4ccc(-c5ccc6ccccc6c5)cc4)n3)cccc2-c2ccc3ccccc3c21.C[Si]1(C)c2cc(-c3nc(-c4ccccc4)nc(-c4ccc(-c5ccc6ccccc6c5)cc4)n3)ccc2-c2ccc3ccccc3c21.C[Si]1(C)c2ccc(-c3nc(-c4ccccc4)nc(-c4ccc(-c5ccc6ccccc6c5)cc4)n3)cc2-c2ccc3ccccc3c21. The van der Waals surface area contributed by atoms with E-state index in [1.54, 1.807) is 0 Å². The lowest BCUT2D eigenvalue weighted by molar-refractivity contribution is 1.07. The quantitative estimate of drug-likeness (QED) is 0.110. The molecule has 666 valence electrons. The molecule has 0 atom stereocenters. The van der Waals surface area contributed by atoms with Crippen LogP contribution < -0.4 is 31.1 Å². The van der Waals surface area contributed by atoms with Crippen LogP contribution in [0.25, 0.3) is 234 Å². The third kappa shape index (κ3) is 15.4. The summed E-state index contributed by atoms with van der Waals surface area (Å²) in [7, 11) is -6.02. The van der Waals surface area contributed by atoms with Gasteiger partial charge in [0.05, 0.1) is 0 Å². The highest BCUT2D eigenvalue weighted by Crippen LogP contribution is 2.42. The molecule has 141 heavy (non-hydrogen) atoms. The average Bonchev–Trinajstić information content (AvgIpc) is 1.57. The van der Waals surface area contributed by atoms with E-state index in [4.69, 9.17) is 44.9 Å². The Morgan fingerprint density at radius 2 is 0.376 bits per heavy atom. The summed E-state index contributed by atoms with van der Waals surface area (Å²) < 4.78 is 0. The molecule has 0 spiro atoms. The van der Waals surface area contributed by atoms with Crippen LogP contribution in [-0.2, 0) is 0 Å². The molecule has 0 N–H and O–H groups in total. The molecule has 0 aliphatic carbocycles. The van der Waals surface area contributed by atoms with E-state index in [0.29, 0.717) is 46.6 Å². The van der Waals surface area contributed by atoms with Gasteiger partial charge >= 0.3 is 0 Å². The van der Waals surface area contributed by atoms with Crippen molar-refractivity contribution in [2.24, 2.45) is 0 Å². The molecule has 3 aromatic heterocycles. The van der Waals surface area contributed by atoms with Crippen molar-refractivity contribution in [2.45, 2.75) is 39.3 Å². The van der Waals surface area contributed by atoms with Crippen molar-refractivity contribution in [3.05, 3.63) is 455 Å². The van der Waals surface area contributed by atoms with Crippen molar-refractivity contribution in [1.82, 2.24) is 44.9 Å². The molecule has 3 aliphatic rings. The van der Waals surface area contributed by atoms with E-state index in [2.05, 4.69) is 440 Å². The molecule has 0 saturated carbocycles. The molecule has 9 nitrogen and oxygen atoms in total. The summed E-state index contributed by atoms with van der Waals surface area (Å²) >= 11 is 0. The van der Waals surface area contributed by atoms with Crippen LogP contribution >= 0.6 is 0 Å². The summed E-state index contributed by atoms with van der Waals surface area (Å²) in [6.07, 6.45) is 0. The van der Waals surface area contributed by atoms with E-state index in [-0.39, 0.29) is 0 Å². The van der Waals surface area contributed by atoms with Crippen LogP contribution in [0.15, 0.2) is 455 Å². The number of benzene rings is 21. The van der Waals surface area contributed by atoms with E-state index in [9.17, 15) is 0 Å². The van der Waals surface area contributed by atoms with Crippen LogP contribution in [0.2, 0.25) is 39.3 Å². The van der Waals surface area contributed by atoms with Crippen molar-refractivity contribution in [3.8, 4) is 169 Å². The van der Waals surface area contributed by atoms with Crippen LogP contribution in [0.3, 0.4) is 0 Å². The van der Waals surface area contributed by atoms with Gasteiger partial charge in [-0.25, -0.2) is 44.9 Å². The van der Waals surface area contributed by atoms with Gasteiger partial charge in [-0.1, -0.05) is 470 Å². The van der Waals surface area contributed by atoms with Crippen molar-refractivity contribution in [2.75, 3.05) is 0 Å². The minimum Gasteiger partial charge on any atom is -0.208 e. The first-order chi connectivity index (χ1) is 69.1. The maximum atomic E-state index is 5.21. The lowest BCUT2D eigenvalue weighted by atomic mass is 9.99. The Kier molecular flexibility index (Phi) is 21.1. The number of hydrogen-bond donors (Lipinski definition) is 0. The zero-order valence-corrected chi connectivity index (χ0v) is 81.8. The monoisotopic (exact) mass is 1850 g/mol. The predicted octanol–water partition coefficient (Wildman–Crippen LogP) is 28.9. The van der Waals surface area contributed by atoms with Crippen molar-refractivity contribution in [1.29, 1.82) is 0 Å². The topological polar surface area (TPSA) is 116 Å². The molecule has 27 rings (SSSR count). The van der Waals surface area contributed by atoms with Crippen LogP contribution in [0, 0.1) is 0 Å². The van der Waals surface area contributed by atoms with Crippen molar-refractivity contribution in [3.63, 3.8) is 0 Å². The van der Waals surface area contributed by atoms with Crippen molar-refractivity contribution >= 4 is 120 Å². The van der Waals surface area contributed by atoms with Gasteiger partial charge in [-0.2, -0.15) is 0 Å². The van der Waals surface area contributed by atoms with Gasteiger partial charge < -0.3 is 0 Å². The fraction of sp³-hybridized carbons (Fsp3) is 0.0465. The Labute approximate surface area is 822 Å². The van der Waals surface area contributed by atoms with Crippen LogP contribution in [-0.4, -0.2) is 69.1 Å². The Bertz CT molecular complexity index is 9120. The molecule has 21 aromatic carbocycles. The van der Waals surface area contributed by atoms with E-state index in [0.717, 1.165) is 72.6 Å². The number of hydrogen-bond acceptors (Lipinski definition) is 9. The van der Waals surface area contributed by atoms with Crippen molar-refractivity contribution < 1.29 is 0 Å². The number of fused-ring (bicyclic) bond motifs is 18. The molecule has 0 radical (unpaired) electrons. The molecule has 0 saturated heterocycles. The maximum Gasteiger partial charge on any atom is 0.164 e. The summed E-state index contributed by atoms with van der Waals surface area (Å²) in [6, 6.07) is 162. The summed E-state index contributed by atoms with van der Waals surface area (Å²) in [4.78, 5) is 45.7. The molecule has 6 heterocycles. The average molecular weight is 1850 g/mol. The van der Waals surface area contributed by atoms with Gasteiger partial charge in [-0.3, -0.25) is 0 Å². The number of rotatable bonds is 12. The van der Waals surface area contributed by atoms with E-state index < -0.39 is 24.2 Å². The predicted molar refractivity (Wildman–Crippen MR) is 596 cm³/mol. The summed E-state index contributed by atoms with van der Waals surface area (Å²) in [5.74, 6) is 6.15. The third-order valence-corrected chi connectivity index (χ3v) is 39.7. The largest absolute Gasteiger partial charge is 0.208 e. The first-order valence-electron chi connectivity index (χ1n) is 48.4. The molecule has 0 amide bonds. The van der Waals surface area contributed by atoms with Gasteiger partial charge in [0, 0.05) is 50.1 Å². The van der Waals surface area contributed by atoms with E-state index in [1.165, 1.54) is 146 Å². The van der Waals surface area contributed by atoms with Crippen LogP contribution in [0.4, 0.5) is 0 Å². The van der Waals surface area contributed by atoms with Gasteiger partial charge in [0.2, 0.25) is 0 Å². The van der Waals surface area contributed by atoms with Gasteiger partial charge in [0.15, 0.2) is 52.4 Å². The Morgan fingerprint density at radius 3 is 0.766 bits per heavy atom. The number of aromatic nitrogens is 9. The zero-order chi connectivity index (χ0) is 94.6. The molecule has 3 aliphatic heterocycles. The molecular formula is C129H93N9Si3. The summed E-state index contributed by atoms with van der Waals surface area (Å²) in [6.45, 7) is 14.8. The zero-order valence-electron chi connectivity index (χ0n) is 78.8. The van der Waals surface area contributed by atoms with Gasteiger partial charge in [0.1, 0.15) is 24.2 Å². The Balaban J connectivity index is 0.000000111. The first-order valence-corrected chi connectivity index (χ1v) is 57.4. The third-order valence-electron chi connectivity index (χ3n) is 29.0. The maximum absolute atomic E-state index is 5.21. The molecule has 0 bridgehead atoms. The molecule has 0 unspecified atom stereocenters. The summed E-state index contributed by atoms with van der Waals surface area (Å²) in [5, 5.41) is 24.3. The first kappa shape index (κ1) is 85.5.